The number of nitriles is 1. The minimum absolute atomic E-state index is 0.0529. The molecule has 2 nitrogen and oxygen atoms in total. The molecule has 1 aromatic rings. The second kappa shape index (κ2) is 2.93. The van der Waals surface area contributed by atoms with Crippen LogP contribution in [0.2, 0.25) is 5.02 Å². The summed E-state index contributed by atoms with van der Waals surface area (Å²) >= 11 is 5.87. The standard InChI is InChI=1S/C10H9ClN2/c1-7-2-3-8(11)4-10(7)13-6-9(13)5-12/h2-4,9H,6H2,1H3. The Labute approximate surface area is 82.3 Å². The monoisotopic (exact) mass is 192 g/mol. The number of rotatable bonds is 1. The van der Waals surface area contributed by atoms with E-state index in [4.69, 9.17) is 16.9 Å². The molecule has 0 bridgehead atoms. The molecule has 1 atom stereocenters. The Bertz CT molecular complexity index is 381. The van der Waals surface area contributed by atoms with Crippen LogP contribution in [0.15, 0.2) is 18.2 Å². The van der Waals surface area contributed by atoms with E-state index in [0.717, 1.165) is 17.3 Å². The lowest BCUT2D eigenvalue weighted by molar-refractivity contribution is 1.24. The summed E-state index contributed by atoms with van der Waals surface area (Å²) in [6.07, 6.45) is 0. The van der Waals surface area contributed by atoms with Crippen molar-refractivity contribution in [3.8, 4) is 6.07 Å². The predicted molar refractivity (Wildman–Crippen MR) is 52.9 cm³/mol. The molecule has 0 aromatic heterocycles. The predicted octanol–water partition coefficient (Wildman–Crippen LogP) is 2.36. The third kappa shape index (κ3) is 1.48. The van der Waals surface area contributed by atoms with E-state index in [1.54, 1.807) is 0 Å². The van der Waals surface area contributed by atoms with Crippen LogP contribution in [0.25, 0.3) is 0 Å². The van der Waals surface area contributed by atoms with Crippen LogP contribution in [0.5, 0.6) is 0 Å². The first kappa shape index (κ1) is 8.40. The summed E-state index contributed by atoms with van der Waals surface area (Å²) in [6.45, 7) is 2.86. The fourth-order valence-corrected chi connectivity index (χ4v) is 1.57. The Hall–Kier alpha value is -1.20. The van der Waals surface area contributed by atoms with Crippen LogP contribution in [-0.2, 0) is 0 Å². The maximum Gasteiger partial charge on any atom is 0.134 e. The number of hydrogen-bond acceptors (Lipinski definition) is 2. The van der Waals surface area contributed by atoms with Crippen LogP contribution >= 0.6 is 11.6 Å². The molecule has 0 spiro atoms. The van der Waals surface area contributed by atoms with Crippen LogP contribution in [0, 0.1) is 18.3 Å². The van der Waals surface area contributed by atoms with Crippen molar-refractivity contribution in [1.29, 1.82) is 5.26 Å². The fraction of sp³-hybridized carbons (Fsp3) is 0.300. The maximum absolute atomic E-state index is 8.67. The van der Waals surface area contributed by atoms with E-state index in [1.807, 2.05) is 30.0 Å². The summed E-state index contributed by atoms with van der Waals surface area (Å²) in [6, 6.07) is 8.02. The van der Waals surface area contributed by atoms with E-state index in [-0.39, 0.29) is 6.04 Å². The molecule has 13 heavy (non-hydrogen) atoms. The highest BCUT2D eigenvalue weighted by Gasteiger charge is 2.34. The molecule has 1 fully saturated rings. The van der Waals surface area contributed by atoms with Crippen LogP contribution in [0.1, 0.15) is 5.56 Å². The molecular weight excluding hydrogens is 184 g/mol. The molecule has 1 heterocycles. The highest BCUT2D eigenvalue weighted by molar-refractivity contribution is 6.30. The number of anilines is 1. The summed E-state index contributed by atoms with van der Waals surface area (Å²) in [5.74, 6) is 0. The zero-order chi connectivity index (χ0) is 9.42. The van der Waals surface area contributed by atoms with Crippen molar-refractivity contribution in [1.82, 2.24) is 0 Å². The van der Waals surface area contributed by atoms with Gasteiger partial charge in [-0.15, -0.1) is 0 Å². The van der Waals surface area contributed by atoms with Gasteiger partial charge in [0.1, 0.15) is 6.04 Å². The molecule has 1 aliphatic heterocycles. The fourth-order valence-electron chi connectivity index (χ4n) is 1.41. The first-order valence-electron chi connectivity index (χ1n) is 4.15. The van der Waals surface area contributed by atoms with Gasteiger partial charge in [-0.2, -0.15) is 5.26 Å². The van der Waals surface area contributed by atoms with Crippen molar-refractivity contribution in [3.63, 3.8) is 0 Å². The molecule has 1 aliphatic rings. The molecule has 3 heteroatoms. The topological polar surface area (TPSA) is 26.8 Å². The van der Waals surface area contributed by atoms with E-state index < -0.39 is 0 Å². The van der Waals surface area contributed by atoms with Gasteiger partial charge in [0, 0.05) is 10.7 Å². The molecule has 1 saturated heterocycles. The molecule has 2 rings (SSSR count). The van der Waals surface area contributed by atoms with Gasteiger partial charge in [0.15, 0.2) is 0 Å². The molecule has 0 amide bonds. The Morgan fingerprint density at radius 3 is 3.00 bits per heavy atom. The molecule has 66 valence electrons. The van der Waals surface area contributed by atoms with Crippen molar-refractivity contribution in [2.24, 2.45) is 0 Å². The Morgan fingerprint density at radius 2 is 2.38 bits per heavy atom. The minimum atomic E-state index is 0.0529. The Balaban J connectivity index is 2.32. The normalized spacial score (nSPS) is 19.8. The summed E-state index contributed by atoms with van der Waals surface area (Å²) in [5.41, 5.74) is 2.25. The van der Waals surface area contributed by atoms with Crippen LogP contribution in [0.3, 0.4) is 0 Å². The average molecular weight is 193 g/mol. The van der Waals surface area contributed by atoms with Gasteiger partial charge in [-0.25, -0.2) is 0 Å². The van der Waals surface area contributed by atoms with Crippen molar-refractivity contribution in [2.45, 2.75) is 13.0 Å². The lowest BCUT2D eigenvalue weighted by Gasteiger charge is -2.07. The minimum Gasteiger partial charge on any atom is -0.351 e. The van der Waals surface area contributed by atoms with Gasteiger partial charge < -0.3 is 4.90 Å². The quantitative estimate of drug-likeness (QED) is 0.639. The van der Waals surface area contributed by atoms with Gasteiger partial charge in [-0.3, -0.25) is 0 Å². The van der Waals surface area contributed by atoms with Crippen molar-refractivity contribution >= 4 is 17.3 Å². The first-order valence-corrected chi connectivity index (χ1v) is 4.52. The summed E-state index contributed by atoms with van der Waals surface area (Å²) < 4.78 is 0. The largest absolute Gasteiger partial charge is 0.351 e. The molecule has 0 aliphatic carbocycles. The van der Waals surface area contributed by atoms with Crippen molar-refractivity contribution in [3.05, 3.63) is 28.8 Å². The lowest BCUT2D eigenvalue weighted by Crippen LogP contribution is -1.98. The van der Waals surface area contributed by atoms with E-state index in [2.05, 4.69) is 6.07 Å². The third-order valence-corrected chi connectivity index (χ3v) is 2.48. The van der Waals surface area contributed by atoms with Gasteiger partial charge in [-0.05, 0) is 24.6 Å². The molecule has 1 aromatic carbocycles. The third-order valence-electron chi connectivity index (χ3n) is 2.24. The van der Waals surface area contributed by atoms with Gasteiger partial charge in [0.05, 0.1) is 12.6 Å². The van der Waals surface area contributed by atoms with E-state index in [1.165, 1.54) is 5.56 Å². The number of halogens is 1. The highest BCUT2D eigenvalue weighted by atomic mass is 35.5. The maximum atomic E-state index is 8.67. The summed E-state index contributed by atoms with van der Waals surface area (Å²) in [4.78, 5) is 2.04. The van der Waals surface area contributed by atoms with Gasteiger partial charge >= 0.3 is 0 Å². The SMILES string of the molecule is Cc1ccc(Cl)cc1N1CC1C#N. The van der Waals surface area contributed by atoms with Crippen LogP contribution in [-0.4, -0.2) is 12.6 Å². The van der Waals surface area contributed by atoms with Gasteiger partial charge in [-0.1, -0.05) is 17.7 Å². The van der Waals surface area contributed by atoms with E-state index >= 15 is 0 Å². The van der Waals surface area contributed by atoms with Crippen molar-refractivity contribution in [2.75, 3.05) is 11.4 Å². The average Bonchev–Trinajstić information content (AvgIpc) is 2.88. The number of aryl methyl sites for hydroxylation is 1. The van der Waals surface area contributed by atoms with Gasteiger partial charge in [0.25, 0.3) is 0 Å². The Morgan fingerprint density at radius 1 is 1.62 bits per heavy atom. The van der Waals surface area contributed by atoms with Gasteiger partial charge in [0.2, 0.25) is 0 Å². The summed E-state index contributed by atoms with van der Waals surface area (Å²) in [5, 5.41) is 9.40. The molecule has 0 saturated carbocycles. The molecule has 1 unspecified atom stereocenters. The van der Waals surface area contributed by atoms with Crippen LogP contribution in [0.4, 0.5) is 5.69 Å². The molecular formula is C10H9ClN2. The van der Waals surface area contributed by atoms with E-state index in [0.29, 0.717) is 0 Å². The molecule has 0 radical (unpaired) electrons. The van der Waals surface area contributed by atoms with Crippen LogP contribution < -0.4 is 4.90 Å². The molecule has 0 N–H and O–H groups in total. The van der Waals surface area contributed by atoms with E-state index in [9.17, 15) is 0 Å². The second-order valence-electron chi connectivity index (χ2n) is 3.23. The van der Waals surface area contributed by atoms with Crippen molar-refractivity contribution < 1.29 is 0 Å². The first-order chi connectivity index (χ1) is 6.22. The zero-order valence-corrected chi connectivity index (χ0v) is 8.04. The zero-order valence-electron chi connectivity index (χ0n) is 7.29. The second-order valence-corrected chi connectivity index (χ2v) is 3.66. The summed E-state index contributed by atoms with van der Waals surface area (Å²) in [7, 11) is 0. The Kier molecular flexibility index (Phi) is 1.90. The number of hydrogen-bond donors (Lipinski definition) is 0. The lowest BCUT2D eigenvalue weighted by atomic mass is 10.2. The number of benzene rings is 1. The highest BCUT2D eigenvalue weighted by Crippen LogP contribution is 2.32. The number of nitrogens with zero attached hydrogens (tertiary/aromatic N) is 2. The smallest absolute Gasteiger partial charge is 0.134 e.